The highest BCUT2D eigenvalue weighted by atomic mass is 16.5. The summed E-state index contributed by atoms with van der Waals surface area (Å²) in [7, 11) is 0. The summed E-state index contributed by atoms with van der Waals surface area (Å²) in [4.78, 5) is 16.1. The lowest BCUT2D eigenvalue weighted by Gasteiger charge is -2.18. The number of carbonyl (C=O) groups is 1. The second kappa shape index (κ2) is 9.43. The molecule has 0 bridgehead atoms. The maximum absolute atomic E-state index is 11.1. The van der Waals surface area contributed by atoms with E-state index in [0.717, 1.165) is 66.1 Å². The molecule has 6 heteroatoms. The molecular formula is C30H30N2O4. The van der Waals surface area contributed by atoms with Crippen molar-refractivity contribution < 1.29 is 19.4 Å². The van der Waals surface area contributed by atoms with Crippen molar-refractivity contribution in [2.75, 3.05) is 13.2 Å². The van der Waals surface area contributed by atoms with E-state index in [0.29, 0.717) is 6.61 Å². The molecule has 6 rings (SSSR count). The van der Waals surface area contributed by atoms with Crippen LogP contribution < -0.4 is 4.74 Å². The van der Waals surface area contributed by atoms with Crippen molar-refractivity contribution in [2.45, 2.75) is 51.0 Å². The molecule has 0 aliphatic carbocycles. The third kappa shape index (κ3) is 4.16. The lowest BCUT2D eigenvalue weighted by atomic mass is 9.94. The fraction of sp³-hybridized carbons (Fsp3) is 0.333. The predicted octanol–water partition coefficient (Wildman–Crippen LogP) is 5.92. The number of aliphatic carboxylic acids is 1. The van der Waals surface area contributed by atoms with Crippen molar-refractivity contribution in [1.29, 1.82) is 0 Å². The first-order valence-electron chi connectivity index (χ1n) is 12.7. The molecule has 1 fully saturated rings. The average molecular weight is 483 g/mol. The Bertz CT molecular complexity index is 1430. The number of hydrogen-bond donors (Lipinski definition) is 1. The number of nitrogens with zero attached hydrogens (tertiary/aromatic N) is 2. The van der Waals surface area contributed by atoms with Crippen molar-refractivity contribution in [1.82, 2.24) is 9.55 Å². The summed E-state index contributed by atoms with van der Waals surface area (Å²) in [6.07, 6.45) is 3.98. The molecule has 0 radical (unpaired) electrons. The van der Waals surface area contributed by atoms with Gasteiger partial charge in [-0.2, -0.15) is 0 Å². The smallest absolute Gasteiger partial charge is 0.304 e. The Balaban J connectivity index is 1.28. The Kier molecular flexibility index (Phi) is 5.97. The van der Waals surface area contributed by atoms with Gasteiger partial charge in [0.25, 0.3) is 0 Å². The molecule has 2 atom stereocenters. The SMILES string of the molecule is Cc1c(CCc2ccc3c(c2)OC[C@H]3CC(=O)O)cccc1-n1c([C@H]2CCCO2)nc2ccccc21. The number of imidazole rings is 1. The lowest BCUT2D eigenvalue weighted by molar-refractivity contribution is -0.137. The second-order valence-electron chi connectivity index (χ2n) is 9.84. The van der Waals surface area contributed by atoms with Gasteiger partial charge in [0.2, 0.25) is 0 Å². The van der Waals surface area contributed by atoms with Crippen LogP contribution in [0, 0.1) is 6.92 Å². The zero-order valence-electron chi connectivity index (χ0n) is 20.4. The van der Waals surface area contributed by atoms with Gasteiger partial charge in [0.1, 0.15) is 17.7 Å². The molecular weight excluding hydrogens is 452 g/mol. The van der Waals surface area contributed by atoms with E-state index < -0.39 is 5.97 Å². The highest BCUT2D eigenvalue weighted by molar-refractivity contribution is 5.79. The number of ether oxygens (including phenoxy) is 2. The first kappa shape index (κ1) is 22.8. The van der Waals surface area contributed by atoms with Crippen LogP contribution in [0.4, 0.5) is 0 Å². The average Bonchev–Trinajstić information content (AvgIpc) is 3.62. The van der Waals surface area contributed by atoms with Gasteiger partial charge in [0.15, 0.2) is 0 Å². The number of hydrogen-bond acceptors (Lipinski definition) is 4. The fourth-order valence-corrected chi connectivity index (χ4v) is 5.61. The topological polar surface area (TPSA) is 73.6 Å². The summed E-state index contributed by atoms with van der Waals surface area (Å²) < 4.78 is 14.1. The minimum absolute atomic E-state index is 0.0248. The molecule has 0 unspecified atom stereocenters. The number of fused-ring (bicyclic) bond motifs is 2. The largest absolute Gasteiger partial charge is 0.493 e. The van der Waals surface area contributed by atoms with Crippen LogP contribution in [0.15, 0.2) is 60.7 Å². The van der Waals surface area contributed by atoms with Gasteiger partial charge in [-0.25, -0.2) is 4.98 Å². The van der Waals surface area contributed by atoms with E-state index in [-0.39, 0.29) is 18.4 Å². The Morgan fingerprint density at radius 1 is 1.11 bits per heavy atom. The molecule has 3 heterocycles. The number of benzene rings is 3. The van der Waals surface area contributed by atoms with Crippen molar-refractivity contribution in [3.63, 3.8) is 0 Å². The van der Waals surface area contributed by atoms with E-state index in [9.17, 15) is 4.79 Å². The van der Waals surface area contributed by atoms with Crippen LogP contribution >= 0.6 is 0 Å². The van der Waals surface area contributed by atoms with Crippen molar-refractivity contribution in [2.24, 2.45) is 0 Å². The Morgan fingerprint density at radius 2 is 2.00 bits per heavy atom. The number of aryl methyl sites for hydroxylation is 2. The third-order valence-electron chi connectivity index (χ3n) is 7.52. The van der Waals surface area contributed by atoms with Crippen molar-refractivity contribution in [3.05, 3.63) is 88.7 Å². The van der Waals surface area contributed by atoms with Gasteiger partial charge in [0.05, 0.1) is 29.7 Å². The van der Waals surface area contributed by atoms with E-state index in [4.69, 9.17) is 19.6 Å². The van der Waals surface area contributed by atoms with Crippen LogP contribution in [0.5, 0.6) is 5.75 Å². The molecule has 0 spiro atoms. The molecule has 1 saturated heterocycles. The molecule has 0 saturated carbocycles. The predicted molar refractivity (Wildman–Crippen MR) is 138 cm³/mol. The highest BCUT2D eigenvalue weighted by Crippen LogP contribution is 2.37. The summed E-state index contributed by atoms with van der Waals surface area (Å²) in [5.74, 6) is 0.966. The lowest BCUT2D eigenvalue weighted by Crippen LogP contribution is -2.09. The van der Waals surface area contributed by atoms with Gasteiger partial charge in [0, 0.05) is 18.1 Å². The number of carboxylic acid groups (broad SMARTS) is 1. The van der Waals surface area contributed by atoms with Gasteiger partial charge >= 0.3 is 5.97 Å². The third-order valence-corrected chi connectivity index (χ3v) is 7.52. The number of para-hydroxylation sites is 2. The fourth-order valence-electron chi connectivity index (χ4n) is 5.61. The summed E-state index contributed by atoms with van der Waals surface area (Å²) in [6, 6.07) is 21.1. The molecule has 2 aliphatic rings. The summed E-state index contributed by atoms with van der Waals surface area (Å²) in [6.45, 7) is 3.42. The van der Waals surface area contributed by atoms with Gasteiger partial charge < -0.3 is 14.6 Å². The quantitative estimate of drug-likeness (QED) is 0.354. The molecule has 2 aliphatic heterocycles. The molecule has 0 amide bonds. The van der Waals surface area contributed by atoms with Crippen LogP contribution in [0.25, 0.3) is 16.7 Å². The number of carboxylic acids is 1. The summed E-state index contributed by atoms with van der Waals surface area (Å²) in [5.41, 5.74) is 8.01. The van der Waals surface area contributed by atoms with Gasteiger partial charge in [-0.05, 0) is 73.6 Å². The van der Waals surface area contributed by atoms with Crippen LogP contribution in [-0.4, -0.2) is 33.8 Å². The molecule has 4 aromatic rings. The van der Waals surface area contributed by atoms with Crippen molar-refractivity contribution >= 4 is 17.0 Å². The molecule has 6 nitrogen and oxygen atoms in total. The number of aromatic nitrogens is 2. The first-order valence-corrected chi connectivity index (χ1v) is 12.7. The van der Waals surface area contributed by atoms with Crippen LogP contribution in [0.1, 0.15) is 59.4 Å². The summed E-state index contributed by atoms with van der Waals surface area (Å²) >= 11 is 0. The molecule has 3 aromatic carbocycles. The maximum Gasteiger partial charge on any atom is 0.304 e. The van der Waals surface area contributed by atoms with E-state index >= 15 is 0 Å². The molecule has 36 heavy (non-hydrogen) atoms. The monoisotopic (exact) mass is 482 g/mol. The minimum atomic E-state index is -0.788. The molecule has 1 N–H and O–H groups in total. The maximum atomic E-state index is 11.1. The number of rotatable bonds is 7. The molecule has 184 valence electrons. The zero-order valence-corrected chi connectivity index (χ0v) is 20.4. The molecule has 1 aromatic heterocycles. The summed E-state index contributed by atoms with van der Waals surface area (Å²) in [5, 5.41) is 9.15. The van der Waals surface area contributed by atoms with Gasteiger partial charge in [-0.15, -0.1) is 0 Å². The Labute approximate surface area is 210 Å². The second-order valence-corrected chi connectivity index (χ2v) is 9.84. The van der Waals surface area contributed by atoms with Crippen LogP contribution in [0.3, 0.4) is 0 Å². The van der Waals surface area contributed by atoms with Crippen LogP contribution in [0.2, 0.25) is 0 Å². The van der Waals surface area contributed by atoms with Crippen LogP contribution in [-0.2, 0) is 22.4 Å². The van der Waals surface area contributed by atoms with E-state index in [1.807, 2.05) is 12.1 Å². The Hall–Kier alpha value is -3.64. The van der Waals surface area contributed by atoms with Gasteiger partial charge in [-0.3, -0.25) is 9.36 Å². The minimum Gasteiger partial charge on any atom is -0.493 e. The normalized spacial score (nSPS) is 18.9. The standard InChI is InChI=1S/C30H30N2O4/c1-19-21(13-11-20-12-14-23-22(17-29(33)34)18-36-28(23)16-20)6-4-9-25(19)32-26-8-3-2-7-24(26)31-30(32)27-10-5-15-35-27/h2-4,6-9,12,14,16,22,27H,5,10-11,13,15,17-18H2,1H3,(H,33,34)/t22-,27-/m1/s1. The van der Waals surface area contributed by atoms with Gasteiger partial charge in [-0.1, -0.05) is 36.4 Å². The first-order chi connectivity index (χ1) is 17.6. The highest BCUT2D eigenvalue weighted by Gasteiger charge is 2.27. The van der Waals surface area contributed by atoms with E-state index in [1.165, 1.54) is 16.7 Å². The van der Waals surface area contributed by atoms with E-state index in [1.54, 1.807) is 0 Å². The Morgan fingerprint density at radius 3 is 2.83 bits per heavy atom. The van der Waals surface area contributed by atoms with Crippen molar-refractivity contribution in [3.8, 4) is 11.4 Å². The van der Waals surface area contributed by atoms with E-state index in [2.05, 4.69) is 60.0 Å². The zero-order chi connectivity index (χ0) is 24.6.